The lowest BCUT2D eigenvalue weighted by Gasteiger charge is -2.19. The van der Waals surface area contributed by atoms with E-state index in [4.69, 9.17) is 21.1 Å². The lowest BCUT2D eigenvalue weighted by Crippen LogP contribution is -2.29. The molecule has 0 aliphatic rings. The number of hydrogen-bond donors (Lipinski definition) is 1. The van der Waals surface area contributed by atoms with Gasteiger partial charge in [-0.25, -0.2) is 0 Å². The van der Waals surface area contributed by atoms with Gasteiger partial charge in [0.05, 0.1) is 13.2 Å². The fourth-order valence-electron chi connectivity index (χ4n) is 1.75. The smallest absolute Gasteiger partial charge is 0.0700 e. The van der Waals surface area contributed by atoms with Crippen molar-refractivity contribution in [2.45, 2.75) is 38.5 Å². The number of alkyl halides is 1. The maximum Gasteiger partial charge on any atom is 0.0700 e. The van der Waals surface area contributed by atoms with Crippen LogP contribution in [0.5, 0.6) is 0 Å². The van der Waals surface area contributed by atoms with Crippen LogP contribution in [0.4, 0.5) is 0 Å². The molecule has 1 N–H and O–H groups in total. The average Bonchev–Trinajstić information content (AvgIpc) is 2.34. The van der Waals surface area contributed by atoms with E-state index in [-0.39, 0.29) is 5.38 Å². The van der Waals surface area contributed by atoms with Crippen molar-refractivity contribution in [1.29, 1.82) is 0 Å². The van der Waals surface area contributed by atoms with Gasteiger partial charge in [-0.1, -0.05) is 26.7 Å². The molecule has 0 fully saturated rings. The van der Waals surface area contributed by atoms with Crippen LogP contribution in [-0.2, 0) is 9.47 Å². The van der Waals surface area contributed by atoms with E-state index < -0.39 is 0 Å². The Kier molecular flexibility index (Phi) is 12.7. The molecule has 0 spiro atoms. The van der Waals surface area contributed by atoms with Gasteiger partial charge in [0.1, 0.15) is 0 Å². The van der Waals surface area contributed by atoms with Crippen molar-refractivity contribution in [1.82, 2.24) is 5.32 Å². The molecule has 0 saturated heterocycles. The van der Waals surface area contributed by atoms with Gasteiger partial charge < -0.3 is 14.8 Å². The molecule has 0 aromatic rings. The third-order valence-corrected chi connectivity index (χ3v) is 3.48. The zero-order chi connectivity index (χ0) is 12.9. The molecule has 0 bridgehead atoms. The summed E-state index contributed by atoms with van der Waals surface area (Å²) in [7, 11) is 1.68. The van der Waals surface area contributed by atoms with Crippen molar-refractivity contribution in [2.24, 2.45) is 5.92 Å². The first-order chi connectivity index (χ1) is 8.26. The second-order valence-corrected chi connectivity index (χ2v) is 4.82. The first kappa shape index (κ1) is 17.2. The summed E-state index contributed by atoms with van der Waals surface area (Å²) in [6.07, 6.45) is 3.34. The molecule has 1 unspecified atom stereocenters. The Morgan fingerprint density at radius 1 is 1.12 bits per heavy atom. The lowest BCUT2D eigenvalue weighted by atomic mass is 9.99. The van der Waals surface area contributed by atoms with Crippen LogP contribution in [0, 0.1) is 5.92 Å². The topological polar surface area (TPSA) is 30.5 Å². The van der Waals surface area contributed by atoms with E-state index in [1.807, 2.05) is 0 Å². The summed E-state index contributed by atoms with van der Waals surface area (Å²) < 4.78 is 10.3. The Labute approximate surface area is 111 Å². The van der Waals surface area contributed by atoms with Crippen LogP contribution in [0.1, 0.15) is 33.1 Å². The van der Waals surface area contributed by atoms with Gasteiger partial charge in [0.25, 0.3) is 0 Å². The molecule has 4 heteroatoms. The van der Waals surface area contributed by atoms with Gasteiger partial charge >= 0.3 is 0 Å². The standard InChI is InChI=1S/C13H28ClNO2/c1-4-12(5-2)13(14)11-15-7-6-8-17-10-9-16-3/h12-13,15H,4-11H2,1-3H3. The van der Waals surface area contributed by atoms with Gasteiger partial charge in [-0.2, -0.15) is 0 Å². The fraction of sp³-hybridized carbons (Fsp3) is 1.00. The quantitative estimate of drug-likeness (QED) is 0.435. The van der Waals surface area contributed by atoms with Crippen molar-refractivity contribution in [3.05, 3.63) is 0 Å². The number of rotatable bonds is 12. The molecule has 0 saturated carbocycles. The van der Waals surface area contributed by atoms with E-state index in [1.165, 1.54) is 0 Å². The van der Waals surface area contributed by atoms with Crippen molar-refractivity contribution in [2.75, 3.05) is 40.0 Å². The zero-order valence-corrected chi connectivity index (χ0v) is 12.3. The Balaban J connectivity index is 3.27. The highest BCUT2D eigenvalue weighted by Gasteiger charge is 2.14. The van der Waals surface area contributed by atoms with Crippen LogP contribution in [0.3, 0.4) is 0 Å². The Hall–Kier alpha value is 0.170. The predicted molar refractivity (Wildman–Crippen MR) is 73.9 cm³/mol. The number of methoxy groups -OCH3 is 1. The highest BCUT2D eigenvalue weighted by Crippen LogP contribution is 2.17. The molecule has 0 rings (SSSR count). The summed E-state index contributed by atoms with van der Waals surface area (Å²) in [6.45, 7) is 8.41. The minimum Gasteiger partial charge on any atom is -0.382 e. The second kappa shape index (κ2) is 12.6. The molecular formula is C13H28ClNO2. The molecule has 0 aromatic carbocycles. The normalized spacial score (nSPS) is 13.2. The molecule has 104 valence electrons. The summed E-state index contributed by atoms with van der Waals surface area (Å²) in [6, 6.07) is 0. The molecule has 1 atom stereocenters. The molecule has 17 heavy (non-hydrogen) atoms. The molecule has 0 aliphatic heterocycles. The molecule has 0 aromatic heterocycles. The number of ether oxygens (including phenoxy) is 2. The Morgan fingerprint density at radius 2 is 1.82 bits per heavy atom. The molecule has 0 aliphatic carbocycles. The van der Waals surface area contributed by atoms with Gasteiger partial charge in [0.15, 0.2) is 0 Å². The number of nitrogens with one attached hydrogen (secondary N) is 1. The maximum absolute atomic E-state index is 6.32. The monoisotopic (exact) mass is 265 g/mol. The van der Waals surface area contributed by atoms with E-state index in [1.54, 1.807) is 7.11 Å². The first-order valence-electron chi connectivity index (χ1n) is 6.67. The molecule has 0 radical (unpaired) electrons. The van der Waals surface area contributed by atoms with Crippen LogP contribution in [0.2, 0.25) is 0 Å². The molecular weight excluding hydrogens is 238 g/mol. The minimum absolute atomic E-state index is 0.249. The number of hydrogen-bond acceptors (Lipinski definition) is 3. The van der Waals surface area contributed by atoms with Gasteiger partial charge in [-0.3, -0.25) is 0 Å². The van der Waals surface area contributed by atoms with E-state index in [2.05, 4.69) is 19.2 Å². The fourth-order valence-corrected chi connectivity index (χ4v) is 2.22. The Morgan fingerprint density at radius 3 is 2.41 bits per heavy atom. The predicted octanol–water partition coefficient (Wildman–Crippen LogP) is 2.67. The molecule has 3 nitrogen and oxygen atoms in total. The van der Waals surface area contributed by atoms with E-state index in [9.17, 15) is 0 Å². The summed E-state index contributed by atoms with van der Waals surface area (Å²) in [5, 5.41) is 3.63. The van der Waals surface area contributed by atoms with E-state index in [0.29, 0.717) is 19.1 Å². The van der Waals surface area contributed by atoms with Crippen molar-refractivity contribution in [3.8, 4) is 0 Å². The van der Waals surface area contributed by atoms with Crippen molar-refractivity contribution >= 4 is 11.6 Å². The van der Waals surface area contributed by atoms with E-state index in [0.717, 1.165) is 39.0 Å². The average molecular weight is 266 g/mol. The summed E-state index contributed by atoms with van der Waals surface area (Å²) in [5.41, 5.74) is 0. The van der Waals surface area contributed by atoms with E-state index >= 15 is 0 Å². The highest BCUT2D eigenvalue weighted by atomic mass is 35.5. The third kappa shape index (κ3) is 9.83. The van der Waals surface area contributed by atoms with Gasteiger partial charge in [-0.05, 0) is 18.9 Å². The van der Waals surface area contributed by atoms with Crippen molar-refractivity contribution in [3.63, 3.8) is 0 Å². The summed E-state index contributed by atoms with van der Waals surface area (Å²) in [5.74, 6) is 0.627. The highest BCUT2D eigenvalue weighted by molar-refractivity contribution is 6.21. The van der Waals surface area contributed by atoms with Crippen LogP contribution in [0.25, 0.3) is 0 Å². The Bertz CT molecular complexity index is 154. The maximum atomic E-state index is 6.32. The first-order valence-corrected chi connectivity index (χ1v) is 7.11. The summed E-state index contributed by atoms with van der Waals surface area (Å²) in [4.78, 5) is 0. The second-order valence-electron chi connectivity index (χ2n) is 4.26. The minimum atomic E-state index is 0.249. The van der Waals surface area contributed by atoms with Crippen LogP contribution < -0.4 is 5.32 Å². The van der Waals surface area contributed by atoms with Gasteiger partial charge in [0.2, 0.25) is 0 Å². The van der Waals surface area contributed by atoms with Gasteiger partial charge in [-0.15, -0.1) is 11.6 Å². The van der Waals surface area contributed by atoms with Gasteiger partial charge in [0, 0.05) is 25.6 Å². The lowest BCUT2D eigenvalue weighted by molar-refractivity contribution is 0.0695. The summed E-state index contributed by atoms with van der Waals surface area (Å²) >= 11 is 6.32. The van der Waals surface area contributed by atoms with Crippen LogP contribution in [0.15, 0.2) is 0 Å². The van der Waals surface area contributed by atoms with Crippen molar-refractivity contribution < 1.29 is 9.47 Å². The van der Waals surface area contributed by atoms with Crippen LogP contribution >= 0.6 is 11.6 Å². The van der Waals surface area contributed by atoms with Crippen LogP contribution in [-0.4, -0.2) is 45.4 Å². The molecule has 0 amide bonds. The molecule has 0 heterocycles. The third-order valence-electron chi connectivity index (χ3n) is 2.97. The number of halogens is 1. The largest absolute Gasteiger partial charge is 0.382 e. The SMILES string of the molecule is CCC(CC)C(Cl)CNCCCOCCOC. The zero-order valence-electron chi connectivity index (χ0n) is 11.5.